The molecule has 0 spiro atoms. The Morgan fingerprint density at radius 3 is 3.00 bits per heavy atom. The molecule has 15 heavy (non-hydrogen) atoms. The highest BCUT2D eigenvalue weighted by Crippen LogP contribution is 2.23. The third-order valence-corrected chi connectivity index (χ3v) is 3.25. The van der Waals surface area contributed by atoms with Crippen LogP contribution in [0.25, 0.3) is 0 Å². The molecule has 0 bridgehead atoms. The molecule has 2 aromatic rings. The van der Waals surface area contributed by atoms with Gasteiger partial charge in [0.1, 0.15) is 6.26 Å². The molecule has 4 heteroatoms. The van der Waals surface area contributed by atoms with Crippen LogP contribution in [0.15, 0.2) is 44.6 Å². The minimum atomic E-state index is 0.729. The first-order chi connectivity index (χ1) is 7.24. The van der Waals surface area contributed by atoms with Crippen LogP contribution >= 0.6 is 27.7 Å². The second kappa shape index (κ2) is 4.86. The summed E-state index contributed by atoms with van der Waals surface area (Å²) in [6.45, 7) is 1.92. The van der Waals surface area contributed by atoms with Crippen LogP contribution in [0.1, 0.15) is 11.3 Å². The lowest BCUT2D eigenvalue weighted by Gasteiger charge is -1.98. The van der Waals surface area contributed by atoms with E-state index < -0.39 is 0 Å². The van der Waals surface area contributed by atoms with Crippen molar-refractivity contribution in [1.29, 1.82) is 0 Å². The summed E-state index contributed by atoms with van der Waals surface area (Å²) in [7, 11) is 0. The van der Waals surface area contributed by atoms with Crippen LogP contribution in [0.4, 0.5) is 0 Å². The van der Waals surface area contributed by atoms with Gasteiger partial charge in [0.15, 0.2) is 0 Å². The molecule has 0 amide bonds. The summed E-state index contributed by atoms with van der Waals surface area (Å²) in [5.41, 5.74) is 2.18. The van der Waals surface area contributed by atoms with E-state index in [1.807, 2.05) is 19.1 Å². The fourth-order valence-corrected chi connectivity index (χ4v) is 2.41. The van der Waals surface area contributed by atoms with Gasteiger partial charge < -0.3 is 4.42 Å². The molecule has 1 aromatic carbocycles. The Morgan fingerprint density at radius 1 is 1.47 bits per heavy atom. The normalized spacial score (nSPS) is 10.5. The highest BCUT2D eigenvalue weighted by molar-refractivity contribution is 9.10. The number of hydrogen-bond donors (Lipinski definition) is 0. The number of aryl methyl sites for hydroxylation is 1. The van der Waals surface area contributed by atoms with E-state index in [9.17, 15) is 0 Å². The van der Waals surface area contributed by atoms with E-state index in [-0.39, 0.29) is 0 Å². The lowest BCUT2D eigenvalue weighted by Crippen LogP contribution is -1.80. The van der Waals surface area contributed by atoms with Crippen molar-refractivity contribution in [2.75, 3.05) is 0 Å². The van der Waals surface area contributed by atoms with E-state index in [2.05, 4.69) is 33.0 Å². The maximum absolute atomic E-state index is 5.26. The highest BCUT2D eigenvalue weighted by Gasteiger charge is 2.02. The van der Waals surface area contributed by atoms with Crippen molar-refractivity contribution in [3.05, 3.63) is 46.3 Å². The van der Waals surface area contributed by atoms with Gasteiger partial charge in [0, 0.05) is 10.2 Å². The predicted octanol–water partition coefficient (Wildman–Crippen LogP) is 4.04. The summed E-state index contributed by atoms with van der Waals surface area (Å²) in [4.78, 5) is 4.23. The van der Waals surface area contributed by atoms with E-state index in [0.717, 1.165) is 21.1 Å². The molecule has 0 fully saturated rings. The minimum absolute atomic E-state index is 0.729. The number of oxazole rings is 1. The Hall–Kier alpha value is -0.740. The summed E-state index contributed by atoms with van der Waals surface area (Å²) in [5.74, 6) is 0.874. The average Bonchev–Trinajstić information content (AvgIpc) is 2.62. The van der Waals surface area contributed by atoms with Crippen LogP contribution in [-0.4, -0.2) is 4.98 Å². The zero-order valence-corrected chi connectivity index (χ0v) is 10.6. The quantitative estimate of drug-likeness (QED) is 0.796. The Bertz CT molecular complexity index is 455. The molecule has 1 heterocycles. The summed E-state index contributed by atoms with van der Waals surface area (Å²) in [6.07, 6.45) is 1.67. The van der Waals surface area contributed by atoms with Gasteiger partial charge in [-0.15, -0.1) is 0 Å². The van der Waals surface area contributed by atoms with Crippen molar-refractivity contribution >= 4 is 27.7 Å². The zero-order valence-electron chi connectivity index (χ0n) is 8.24. The van der Waals surface area contributed by atoms with Crippen LogP contribution < -0.4 is 0 Å². The number of halogens is 1. The molecular formula is C11H10BrNOS. The van der Waals surface area contributed by atoms with Crippen LogP contribution in [-0.2, 0) is 5.75 Å². The number of hydrogen-bond acceptors (Lipinski definition) is 3. The highest BCUT2D eigenvalue weighted by atomic mass is 79.9. The maximum atomic E-state index is 5.26. The Labute approximate surface area is 101 Å². The van der Waals surface area contributed by atoms with Gasteiger partial charge in [-0.25, -0.2) is 4.98 Å². The lowest BCUT2D eigenvalue weighted by atomic mass is 10.2. The van der Waals surface area contributed by atoms with E-state index in [0.29, 0.717) is 0 Å². The molecule has 0 aliphatic heterocycles. The first kappa shape index (κ1) is 10.8. The standard InChI is InChI=1S/C11H10BrNOS/c1-8-6-14-11(13-8)15-7-9-3-2-4-10(12)5-9/h2-6H,7H2,1H3. The SMILES string of the molecule is Cc1coc(SCc2cccc(Br)c2)n1. The fourth-order valence-electron chi connectivity index (χ4n) is 1.17. The molecule has 2 nitrogen and oxygen atoms in total. The predicted molar refractivity (Wildman–Crippen MR) is 64.9 cm³/mol. The van der Waals surface area contributed by atoms with Gasteiger partial charge in [0.25, 0.3) is 5.22 Å². The molecular weight excluding hydrogens is 274 g/mol. The molecule has 0 saturated carbocycles. The first-order valence-electron chi connectivity index (χ1n) is 4.53. The average molecular weight is 284 g/mol. The monoisotopic (exact) mass is 283 g/mol. The minimum Gasteiger partial charge on any atom is -0.440 e. The van der Waals surface area contributed by atoms with Crippen LogP contribution in [0.2, 0.25) is 0 Å². The molecule has 0 unspecified atom stereocenters. The molecule has 0 aliphatic rings. The van der Waals surface area contributed by atoms with Crippen molar-refractivity contribution in [3.63, 3.8) is 0 Å². The number of aromatic nitrogens is 1. The van der Waals surface area contributed by atoms with Gasteiger partial charge in [-0.05, 0) is 24.6 Å². The molecule has 0 N–H and O–H groups in total. The molecule has 0 aliphatic carbocycles. The summed E-state index contributed by atoms with van der Waals surface area (Å²) >= 11 is 5.05. The van der Waals surface area contributed by atoms with Gasteiger partial charge in [-0.2, -0.15) is 0 Å². The first-order valence-corrected chi connectivity index (χ1v) is 6.31. The van der Waals surface area contributed by atoms with E-state index >= 15 is 0 Å². The van der Waals surface area contributed by atoms with Crippen molar-refractivity contribution < 1.29 is 4.42 Å². The summed E-state index contributed by atoms with van der Waals surface area (Å²) < 4.78 is 6.36. The second-order valence-corrected chi connectivity index (χ2v) is 5.02. The van der Waals surface area contributed by atoms with Crippen molar-refractivity contribution in [2.45, 2.75) is 17.9 Å². The molecule has 1 aromatic heterocycles. The lowest BCUT2D eigenvalue weighted by molar-refractivity contribution is 0.454. The number of benzene rings is 1. The number of rotatable bonds is 3. The van der Waals surface area contributed by atoms with Gasteiger partial charge in [0.2, 0.25) is 0 Å². The van der Waals surface area contributed by atoms with Crippen molar-refractivity contribution in [3.8, 4) is 0 Å². The van der Waals surface area contributed by atoms with Gasteiger partial charge in [0.05, 0.1) is 5.69 Å². The van der Waals surface area contributed by atoms with Crippen molar-refractivity contribution in [1.82, 2.24) is 4.98 Å². The van der Waals surface area contributed by atoms with Crippen LogP contribution in [0.5, 0.6) is 0 Å². The zero-order chi connectivity index (χ0) is 10.7. The van der Waals surface area contributed by atoms with Crippen LogP contribution in [0, 0.1) is 6.92 Å². The Morgan fingerprint density at radius 2 is 2.33 bits per heavy atom. The summed E-state index contributed by atoms with van der Waals surface area (Å²) in [5, 5.41) is 0.729. The maximum Gasteiger partial charge on any atom is 0.256 e. The Kier molecular flexibility index (Phi) is 3.49. The molecule has 0 atom stereocenters. The van der Waals surface area contributed by atoms with Crippen molar-refractivity contribution in [2.24, 2.45) is 0 Å². The topological polar surface area (TPSA) is 26.0 Å². The van der Waals surface area contributed by atoms with Gasteiger partial charge >= 0.3 is 0 Å². The number of thioether (sulfide) groups is 1. The van der Waals surface area contributed by atoms with E-state index in [1.165, 1.54) is 5.56 Å². The molecule has 2 rings (SSSR count). The van der Waals surface area contributed by atoms with E-state index in [4.69, 9.17) is 4.42 Å². The second-order valence-electron chi connectivity index (χ2n) is 3.17. The third-order valence-electron chi connectivity index (χ3n) is 1.85. The largest absolute Gasteiger partial charge is 0.440 e. The van der Waals surface area contributed by atoms with Crippen LogP contribution in [0.3, 0.4) is 0 Å². The number of nitrogens with zero attached hydrogens (tertiary/aromatic N) is 1. The fraction of sp³-hybridized carbons (Fsp3) is 0.182. The van der Waals surface area contributed by atoms with E-state index in [1.54, 1.807) is 18.0 Å². The summed E-state index contributed by atoms with van der Waals surface area (Å²) in [6, 6.07) is 8.24. The molecule has 0 radical (unpaired) electrons. The van der Waals surface area contributed by atoms with Gasteiger partial charge in [-0.1, -0.05) is 39.8 Å². The smallest absolute Gasteiger partial charge is 0.256 e. The third kappa shape index (κ3) is 3.11. The Balaban J connectivity index is 1.99. The molecule has 0 saturated heterocycles. The van der Waals surface area contributed by atoms with Gasteiger partial charge in [-0.3, -0.25) is 0 Å². The molecule has 78 valence electrons.